The zero-order valence-electron chi connectivity index (χ0n) is 11.3. The average Bonchev–Trinajstić information content (AvgIpc) is 2.90. The smallest absolute Gasteiger partial charge is 0.337 e. The summed E-state index contributed by atoms with van der Waals surface area (Å²) < 4.78 is 0. The number of aromatic carboxylic acids is 1. The van der Waals surface area contributed by atoms with E-state index in [1.165, 1.54) is 6.20 Å². The molecule has 0 spiro atoms. The minimum Gasteiger partial charge on any atom is -0.478 e. The van der Waals surface area contributed by atoms with Gasteiger partial charge >= 0.3 is 5.97 Å². The van der Waals surface area contributed by atoms with Crippen LogP contribution >= 0.6 is 11.3 Å². The molecule has 0 aliphatic rings. The molecule has 6 heteroatoms. The van der Waals surface area contributed by atoms with Crippen LogP contribution in [0.1, 0.15) is 20.2 Å². The van der Waals surface area contributed by atoms with Crippen LogP contribution < -0.4 is 5.32 Å². The molecule has 0 unspecified atom stereocenters. The second-order valence-corrected chi connectivity index (χ2v) is 5.89. The van der Waals surface area contributed by atoms with Crippen molar-refractivity contribution in [3.63, 3.8) is 0 Å². The molecule has 0 radical (unpaired) electrons. The highest BCUT2D eigenvalue weighted by Gasteiger charge is 2.12. The molecule has 5 nitrogen and oxygen atoms in total. The molecule has 0 aliphatic heterocycles. The maximum Gasteiger partial charge on any atom is 0.337 e. The third-order valence-corrected chi connectivity index (χ3v) is 4.04. The van der Waals surface area contributed by atoms with E-state index in [4.69, 9.17) is 0 Å². The summed E-state index contributed by atoms with van der Waals surface area (Å²) in [6.45, 7) is 2.58. The van der Waals surface area contributed by atoms with Crippen LogP contribution in [0.4, 0.5) is 5.82 Å². The molecule has 2 heterocycles. The highest BCUT2D eigenvalue weighted by atomic mass is 32.1. The molecular weight excluding hydrogens is 286 g/mol. The number of nitrogens with one attached hydrogen (secondary N) is 1. The SMILES string of the molecule is Cc1ncc(CNc2ncc(C(=O)O)c3ccccc23)s1. The molecule has 0 amide bonds. The van der Waals surface area contributed by atoms with Crippen molar-refractivity contribution in [2.45, 2.75) is 13.5 Å². The van der Waals surface area contributed by atoms with Gasteiger partial charge in [-0.15, -0.1) is 11.3 Å². The Kier molecular flexibility index (Phi) is 3.53. The number of anilines is 1. The summed E-state index contributed by atoms with van der Waals surface area (Å²) in [4.78, 5) is 20.8. The number of aromatic nitrogens is 2. The van der Waals surface area contributed by atoms with Gasteiger partial charge in [-0.1, -0.05) is 24.3 Å². The molecule has 3 rings (SSSR count). The Hall–Kier alpha value is -2.47. The monoisotopic (exact) mass is 299 g/mol. The van der Waals surface area contributed by atoms with Crippen molar-refractivity contribution in [3.05, 3.63) is 52.1 Å². The van der Waals surface area contributed by atoms with E-state index in [0.717, 1.165) is 15.3 Å². The van der Waals surface area contributed by atoms with Crippen LogP contribution in [0.15, 0.2) is 36.7 Å². The first-order valence-electron chi connectivity index (χ1n) is 6.41. The summed E-state index contributed by atoms with van der Waals surface area (Å²) in [7, 11) is 0. The first kappa shape index (κ1) is 13.5. The van der Waals surface area contributed by atoms with E-state index < -0.39 is 5.97 Å². The van der Waals surface area contributed by atoms with E-state index in [0.29, 0.717) is 17.7 Å². The van der Waals surface area contributed by atoms with E-state index in [9.17, 15) is 9.90 Å². The number of aryl methyl sites for hydroxylation is 1. The maximum atomic E-state index is 11.2. The topological polar surface area (TPSA) is 75.1 Å². The zero-order chi connectivity index (χ0) is 14.8. The molecule has 0 saturated heterocycles. The van der Waals surface area contributed by atoms with Crippen molar-refractivity contribution in [1.82, 2.24) is 9.97 Å². The van der Waals surface area contributed by atoms with E-state index in [1.54, 1.807) is 17.4 Å². The van der Waals surface area contributed by atoms with Crippen molar-refractivity contribution < 1.29 is 9.90 Å². The van der Waals surface area contributed by atoms with Gasteiger partial charge in [0.15, 0.2) is 0 Å². The molecule has 0 fully saturated rings. The Morgan fingerprint density at radius 1 is 1.24 bits per heavy atom. The molecule has 0 saturated carbocycles. The van der Waals surface area contributed by atoms with Gasteiger partial charge in [-0.25, -0.2) is 14.8 Å². The second kappa shape index (κ2) is 5.49. The summed E-state index contributed by atoms with van der Waals surface area (Å²) in [6, 6.07) is 7.36. The fourth-order valence-electron chi connectivity index (χ4n) is 2.16. The van der Waals surface area contributed by atoms with Gasteiger partial charge in [-0.05, 0) is 6.92 Å². The summed E-state index contributed by atoms with van der Waals surface area (Å²) in [6.07, 6.45) is 3.23. The predicted octanol–water partition coefficient (Wildman–Crippen LogP) is 3.31. The summed E-state index contributed by atoms with van der Waals surface area (Å²) in [5.74, 6) is -0.287. The van der Waals surface area contributed by atoms with Crippen molar-refractivity contribution >= 4 is 33.9 Å². The lowest BCUT2D eigenvalue weighted by atomic mass is 10.1. The van der Waals surface area contributed by atoms with Gasteiger partial charge in [0.25, 0.3) is 0 Å². The van der Waals surface area contributed by atoms with Gasteiger partial charge in [0.1, 0.15) is 5.82 Å². The van der Waals surface area contributed by atoms with Gasteiger partial charge < -0.3 is 10.4 Å². The van der Waals surface area contributed by atoms with Gasteiger partial charge in [0.05, 0.1) is 17.1 Å². The van der Waals surface area contributed by atoms with Crippen LogP contribution in [0.3, 0.4) is 0 Å². The van der Waals surface area contributed by atoms with Gasteiger partial charge in [0.2, 0.25) is 0 Å². The highest BCUT2D eigenvalue weighted by Crippen LogP contribution is 2.25. The van der Waals surface area contributed by atoms with Crippen LogP contribution in [0, 0.1) is 6.92 Å². The number of fused-ring (bicyclic) bond motifs is 1. The Bertz CT molecular complexity index is 814. The molecule has 0 bridgehead atoms. The summed E-state index contributed by atoms with van der Waals surface area (Å²) >= 11 is 1.62. The molecule has 21 heavy (non-hydrogen) atoms. The van der Waals surface area contributed by atoms with E-state index >= 15 is 0 Å². The van der Waals surface area contributed by atoms with E-state index in [2.05, 4.69) is 15.3 Å². The predicted molar refractivity (Wildman–Crippen MR) is 82.9 cm³/mol. The number of pyridine rings is 1. The second-order valence-electron chi connectivity index (χ2n) is 4.57. The number of benzene rings is 1. The maximum absolute atomic E-state index is 11.2. The van der Waals surface area contributed by atoms with Gasteiger partial charge in [-0.2, -0.15) is 0 Å². The summed E-state index contributed by atoms with van der Waals surface area (Å²) in [5.41, 5.74) is 0.213. The normalized spacial score (nSPS) is 10.7. The Labute approximate surface area is 125 Å². The standard InChI is InChI=1S/C15H13N3O2S/c1-9-16-6-10(21-9)7-17-14-12-5-3-2-4-11(12)13(8-18-14)15(19)20/h2-6,8H,7H2,1H3,(H,17,18)(H,19,20). The third kappa shape index (κ3) is 2.71. The molecule has 0 atom stereocenters. The van der Waals surface area contributed by atoms with Crippen LogP contribution in [0.5, 0.6) is 0 Å². The van der Waals surface area contributed by atoms with E-state index in [1.807, 2.05) is 31.3 Å². The lowest BCUT2D eigenvalue weighted by Gasteiger charge is -2.09. The Morgan fingerprint density at radius 2 is 2.00 bits per heavy atom. The number of carboxylic acid groups (broad SMARTS) is 1. The van der Waals surface area contributed by atoms with Crippen LogP contribution in [-0.2, 0) is 6.54 Å². The lowest BCUT2D eigenvalue weighted by molar-refractivity contribution is 0.0698. The Morgan fingerprint density at radius 3 is 2.67 bits per heavy atom. The molecule has 2 N–H and O–H groups in total. The van der Waals surface area contributed by atoms with Gasteiger partial charge in [-0.3, -0.25) is 0 Å². The number of rotatable bonds is 4. The number of thiazole rings is 1. The fraction of sp³-hybridized carbons (Fsp3) is 0.133. The van der Waals surface area contributed by atoms with Crippen molar-refractivity contribution in [2.24, 2.45) is 0 Å². The molecular formula is C15H13N3O2S. The van der Waals surface area contributed by atoms with Crippen LogP contribution in [0.2, 0.25) is 0 Å². The molecule has 3 aromatic rings. The van der Waals surface area contributed by atoms with Crippen molar-refractivity contribution in [1.29, 1.82) is 0 Å². The lowest BCUT2D eigenvalue weighted by Crippen LogP contribution is -2.04. The molecule has 1 aromatic carbocycles. The zero-order valence-corrected chi connectivity index (χ0v) is 12.1. The third-order valence-electron chi connectivity index (χ3n) is 3.12. The number of hydrogen-bond donors (Lipinski definition) is 2. The first-order valence-corrected chi connectivity index (χ1v) is 7.23. The molecule has 106 valence electrons. The first-order chi connectivity index (χ1) is 10.1. The number of carboxylic acids is 1. The quantitative estimate of drug-likeness (QED) is 0.773. The van der Waals surface area contributed by atoms with Crippen LogP contribution in [-0.4, -0.2) is 21.0 Å². The highest BCUT2D eigenvalue weighted by molar-refractivity contribution is 7.11. The molecule has 0 aliphatic carbocycles. The summed E-state index contributed by atoms with van der Waals surface area (Å²) in [5, 5.41) is 15.0. The molecule has 2 aromatic heterocycles. The number of carbonyl (C=O) groups is 1. The van der Waals surface area contributed by atoms with Crippen molar-refractivity contribution in [2.75, 3.05) is 5.32 Å². The largest absolute Gasteiger partial charge is 0.478 e. The minimum absolute atomic E-state index is 0.213. The van der Waals surface area contributed by atoms with Gasteiger partial charge in [0, 0.05) is 28.0 Å². The van der Waals surface area contributed by atoms with Crippen molar-refractivity contribution in [3.8, 4) is 0 Å². The number of nitrogens with zero attached hydrogens (tertiary/aromatic N) is 2. The number of hydrogen-bond acceptors (Lipinski definition) is 5. The van der Waals surface area contributed by atoms with Crippen LogP contribution in [0.25, 0.3) is 10.8 Å². The van der Waals surface area contributed by atoms with E-state index in [-0.39, 0.29) is 5.56 Å². The Balaban J connectivity index is 1.96. The minimum atomic E-state index is -0.969. The fourth-order valence-corrected chi connectivity index (χ4v) is 2.90. The average molecular weight is 299 g/mol.